The third-order valence-electron chi connectivity index (χ3n) is 4.57. The van der Waals surface area contributed by atoms with E-state index in [1.54, 1.807) is 30.3 Å². The van der Waals surface area contributed by atoms with E-state index >= 15 is 0 Å². The molecule has 5 nitrogen and oxygen atoms in total. The number of halogens is 2. The molecule has 2 aromatic heterocycles. The molecule has 0 unspecified atom stereocenters. The van der Waals surface area contributed by atoms with Gasteiger partial charge in [0.2, 0.25) is 0 Å². The van der Waals surface area contributed by atoms with Crippen molar-refractivity contribution in [2.24, 2.45) is 0 Å². The number of carbonyl (C=O) groups is 1. The van der Waals surface area contributed by atoms with E-state index in [0.29, 0.717) is 52.2 Å². The van der Waals surface area contributed by atoms with E-state index < -0.39 is 0 Å². The SMILES string of the molecule is C#CCCNC(=O)c1cnc2nc(-c3ccc(F)cc3)c(-c3ccc(F)cc3)nc2c1.[HH]. The lowest BCUT2D eigenvalue weighted by atomic mass is 10.0. The Hall–Kier alpha value is -4.18. The summed E-state index contributed by atoms with van der Waals surface area (Å²) in [4.78, 5) is 25.9. The van der Waals surface area contributed by atoms with Gasteiger partial charge in [-0.1, -0.05) is 0 Å². The first-order valence-electron chi connectivity index (χ1n) is 9.46. The average Bonchev–Trinajstić information content (AvgIpc) is 2.79. The number of hydrogen-bond donors (Lipinski definition) is 1. The first-order chi connectivity index (χ1) is 15.0. The maximum atomic E-state index is 13.4. The van der Waals surface area contributed by atoms with Crippen molar-refractivity contribution in [2.45, 2.75) is 6.42 Å². The summed E-state index contributed by atoms with van der Waals surface area (Å²) in [5.41, 5.74) is 3.23. The Labute approximate surface area is 178 Å². The number of carbonyl (C=O) groups excluding carboxylic acids is 1. The largest absolute Gasteiger partial charge is 0.351 e. The van der Waals surface area contributed by atoms with Crippen molar-refractivity contribution in [3.8, 4) is 34.9 Å². The molecule has 0 saturated carbocycles. The van der Waals surface area contributed by atoms with Gasteiger partial charge in [-0.15, -0.1) is 12.3 Å². The van der Waals surface area contributed by atoms with Crippen LogP contribution in [0.5, 0.6) is 0 Å². The summed E-state index contributed by atoms with van der Waals surface area (Å²) in [6, 6.07) is 13.2. The molecule has 0 saturated heterocycles. The van der Waals surface area contributed by atoms with Gasteiger partial charge in [-0.2, -0.15) is 0 Å². The minimum absolute atomic E-state index is 0. The topological polar surface area (TPSA) is 67.8 Å². The van der Waals surface area contributed by atoms with E-state index in [4.69, 9.17) is 6.42 Å². The summed E-state index contributed by atoms with van der Waals surface area (Å²) in [6.45, 7) is 0.351. The molecule has 2 aromatic carbocycles. The first kappa shape index (κ1) is 20.1. The fraction of sp³-hybridized carbons (Fsp3) is 0.0833. The van der Waals surface area contributed by atoms with Crippen LogP contribution in [0.2, 0.25) is 0 Å². The second-order valence-corrected chi connectivity index (χ2v) is 6.71. The molecule has 0 aliphatic rings. The molecule has 1 N–H and O–H groups in total. The molecule has 154 valence electrons. The molecule has 0 bridgehead atoms. The highest BCUT2D eigenvalue weighted by Crippen LogP contribution is 2.31. The molecule has 31 heavy (non-hydrogen) atoms. The molecule has 1 amide bonds. The number of fused-ring (bicyclic) bond motifs is 1. The molecule has 2 heterocycles. The highest BCUT2D eigenvalue weighted by molar-refractivity contribution is 5.97. The van der Waals surface area contributed by atoms with Crippen LogP contribution in [0.1, 0.15) is 18.2 Å². The number of benzene rings is 2. The number of pyridine rings is 1. The number of nitrogens with one attached hydrogen (secondary N) is 1. The van der Waals surface area contributed by atoms with Gasteiger partial charge in [0, 0.05) is 31.7 Å². The minimum atomic E-state index is -0.381. The van der Waals surface area contributed by atoms with E-state index in [2.05, 4.69) is 26.2 Å². The third-order valence-corrected chi connectivity index (χ3v) is 4.57. The highest BCUT2D eigenvalue weighted by atomic mass is 19.1. The van der Waals surface area contributed by atoms with Crippen LogP contribution in [-0.4, -0.2) is 27.4 Å². The molecule has 0 spiro atoms. The van der Waals surface area contributed by atoms with Gasteiger partial charge < -0.3 is 5.32 Å². The quantitative estimate of drug-likeness (QED) is 0.380. The predicted molar refractivity (Wildman–Crippen MR) is 116 cm³/mol. The molecule has 4 rings (SSSR count). The van der Waals surface area contributed by atoms with E-state index in [1.807, 2.05) is 0 Å². The third kappa shape index (κ3) is 4.38. The zero-order valence-corrected chi connectivity index (χ0v) is 16.3. The minimum Gasteiger partial charge on any atom is -0.351 e. The van der Waals surface area contributed by atoms with Gasteiger partial charge in [-0.3, -0.25) is 4.79 Å². The molecular weight excluding hydrogens is 398 g/mol. The maximum Gasteiger partial charge on any atom is 0.252 e. The summed E-state index contributed by atoms with van der Waals surface area (Å²) >= 11 is 0. The summed E-state index contributed by atoms with van der Waals surface area (Å²) in [6.07, 6.45) is 7.03. The first-order valence-corrected chi connectivity index (χ1v) is 9.46. The fourth-order valence-electron chi connectivity index (χ4n) is 3.04. The van der Waals surface area contributed by atoms with Crippen molar-refractivity contribution in [1.82, 2.24) is 20.3 Å². The van der Waals surface area contributed by atoms with Crippen LogP contribution in [0, 0.1) is 24.0 Å². The Bertz CT molecular complexity index is 1300. The van der Waals surface area contributed by atoms with Crippen LogP contribution in [0.15, 0.2) is 60.8 Å². The van der Waals surface area contributed by atoms with Gasteiger partial charge in [0.25, 0.3) is 5.91 Å². The number of aromatic nitrogens is 3. The number of rotatable bonds is 5. The molecule has 0 radical (unpaired) electrons. The molecule has 0 aliphatic carbocycles. The van der Waals surface area contributed by atoms with Crippen LogP contribution in [-0.2, 0) is 0 Å². The van der Waals surface area contributed by atoms with Crippen molar-refractivity contribution >= 4 is 17.1 Å². The smallest absolute Gasteiger partial charge is 0.252 e. The number of nitrogens with zero attached hydrogens (tertiary/aromatic N) is 3. The highest BCUT2D eigenvalue weighted by Gasteiger charge is 2.16. The Morgan fingerprint density at radius 3 is 2.13 bits per heavy atom. The van der Waals surface area contributed by atoms with Gasteiger partial charge in [-0.05, 0) is 54.6 Å². The van der Waals surface area contributed by atoms with Crippen molar-refractivity contribution in [1.29, 1.82) is 0 Å². The van der Waals surface area contributed by atoms with E-state index in [-0.39, 0.29) is 19.0 Å². The Morgan fingerprint density at radius 1 is 0.968 bits per heavy atom. The second-order valence-electron chi connectivity index (χ2n) is 6.71. The lowest BCUT2D eigenvalue weighted by Gasteiger charge is -2.11. The summed E-state index contributed by atoms with van der Waals surface area (Å²) in [5, 5.41) is 2.71. The predicted octanol–water partition coefficient (Wildman–Crippen LogP) is 4.64. The van der Waals surface area contributed by atoms with Gasteiger partial charge >= 0.3 is 0 Å². The van der Waals surface area contributed by atoms with Crippen LogP contribution in [0.25, 0.3) is 33.7 Å². The van der Waals surface area contributed by atoms with Gasteiger partial charge in [-0.25, -0.2) is 23.7 Å². The fourth-order valence-corrected chi connectivity index (χ4v) is 3.04. The van der Waals surface area contributed by atoms with E-state index in [9.17, 15) is 13.6 Å². The molecule has 7 heteroatoms. The van der Waals surface area contributed by atoms with Crippen LogP contribution < -0.4 is 5.32 Å². The Morgan fingerprint density at radius 2 is 1.55 bits per heavy atom. The molecule has 0 fully saturated rings. The van der Waals surface area contributed by atoms with Crippen LogP contribution in [0.3, 0.4) is 0 Å². The van der Waals surface area contributed by atoms with Crippen molar-refractivity contribution in [3.05, 3.63) is 78.0 Å². The van der Waals surface area contributed by atoms with E-state index in [0.717, 1.165) is 0 Å². The Balaban J connectivity index is 0.00000289. The number of terminal acetylenes is 1. The number of hydrogen-bond acceptors (Lipinski definition) is 4. The lowest BCUT2D eigenvalue weighted by Crippen LogP contribution is -2.24. The van der Waals surface area contributed by atoms with E-state index in [1.165, 1.54) is 30.5 Å². The molecule has 0 aliphatic heterocycles. The van der Waals surface area contributed by atoms with Crippen LogP contribution in [0.4, 0.5) is 8.78 Å². The lowest BCUT2D eigenvalue weighted by molar-refractivity contribution is 0.0954. The summed E-state index contributed by atoms with van der Waals surface area (Å²) < 4.78 is 26.9. The summed E-state index contributed by atoms with van der Waals surface area (Å²) in [7, 11) is 0. The molecule has 4 aromatic rings. The zero-order chi connectivity index (χ0) is 21.8. The maximum absolute atomic E-state index is 13.4. The average molecular weight is 416 g/mol. The summed E-state index contributed by atoms with van der Waals surface area (Å²) in [5.74, 6) is 1.38. The van der Waals surface area contributed by atoms with Crippen molar-refractivity contribution < 1.29 is 15.0 Å². The van der Waals surface area contributed by atoms with Gasteiger partial charge in [0.15, 0.2) is 5.65 Å². The zero-order valence-electron chi connectivity index (χ0n) is 16.3. The monoisotopic (exact) mass is 416 g/mol. The standard InChI is InChI=1S/C24H16F2N4O.H2/c1-2-3-12-27-24(31)17-13-20-23(28-14-17)30-22(16-6-10-19(26)11-7-16)21(29-20)15-4-8-18(25)9-5-15;/h1,4-11,13-14H,3,12H2,(H,27,31);1H. The van der Waals surface area contributed by atoms with Gasteiger partial charge in [0.1, 0.15) is 17.2 Å². The van der Waals surface area contributed by atoms with Crippen molar-refractivity contribution in [2.75, 3.05) is 6.54 Å². The molecular formula is C24H18F2N4O. The Kier molecular flexibility index (Phi) is 5.63. The van der Waals surface area contributed by atoms with Crippen LogP contribution >= 0.6 is 0 Å². The molecule has 0 atom stereocenters. The van der Waals surface area contributed by atoms with Crippen molar-refractivity contribution in [3.63, 3.8) is 0 Å². The normalized spacial score (nSPS) is 10.6. The second kappa shape index (κ2) is 8.67. The van der Waals surface area contributed by atoms with Gasteiger partial charge in [0.05, 0.1) is 17.0 Å². The number of amides is 1.